The van der Waals surface area contributed by atoms with Crippen LogP contribution in [0.4, 0.5) is 0 Å². The number of aromatic hydroxyl groups is 1. The molecule has 106 valence electrons. The highest BCUT2D eigenvalue weighted by atomic mass is 16.5. The molecule has 4 nitrogen and oxygen atoms in total. The minimum absolute atomic E-state index is 0.201. The Balaban J connectivity index is 2.19. The van der Waals surface area contributed by atoms with Gasteiger partial charge in [0.1, 0.15) is 23.9 Å². The second kappa shape index (κ2) is 6.30. The number of aliphatic hydroxyl groups excluding tert-OH is 1. The summed E-state index contributed by atoms with van der Waals surface area (Å²) in [5.74, 6) is 1.44. The topological polar surface area (TPSA) is 58.9 Å². The molecule has 1 atom stereocenters. The third-order valence-corrected chi connectivity index (χ3v) is 2.98. The van der Waals surface area contributed by atoms with Crippen molar-refractivity contribution >= 4 is 0 Å². The van der Waals surface area contributed by atoms with E-state index in [2.05, 4.69) is 0 Å². The van der Waals surface area contributed by atoms with E-state index in [4.69, 9.17) is 9.47 Å². The van der Waals surface area contributed by atoms with Gasteiger partial charge in [-0.15, -0.1) is 0 Å². The Kier molecular flexibility index (Phi) is 4.48. The average molecular weight is 274 g/mol. The maximum atomic E-state index is 9.75. The summed E-state index contributed by atoms with van der Waals surface area (Å²) in [4.78, 5) is 0. The van der Waals surface area contributed by atoms with Crippen LogP contribution >= 0.6 is 0 Å². The summed E-state index contributed by atoms with van der Waals surface area (Å²) in [6.45, 7) is 1.99. The van der Waals surface area contributed by atoms with E-state index in [0.717, 1.165) is 5.56 Å². The number of hydrogen-bond acceptors (Lipinski definition) is 4. The minimum Gasteiger partial charge on any atom is -0.508 e. The van der Waals surface area contributed by atoms with Crippen LogP contribution in [-0.2, 0) is 6.61 Å². The zero-order chi connectivity index (χ0) is 14.5. The molecule has 2 aromatic rings. The van der Waals surface area contributed by atoms with Gasteiger partial charge in [0, 0.05) is 11.6 Å². The summed E-state index contributed by atoms with van der Waals surface area (Å²) in [5, 5.41) is 19.2. The van der Waals surface area contributed by atoms with E-state index in [-0.39, 0.29) is 5.75 Å². The number of phenolic OH excluding ortho intramolecular Hbond substituents is 1. The Bertz CT molecular complexity index is 578. The van der Waals surface area contributed by atoms with Crippen molar-refractivity contribution in [2.45, 2.75) is 19.6 Å². The Labute approximate surface area is 118 Å². The standard InChI is InChI=1S/C16H18O4/c1-11(17)15-7-6-14(19-2)9-16(15)20-10-12-4-3-5-13(18)8-12/h3-9,11,17-18H,10H2,1-2H3/t11-/m0/s1. The highest BCUT2D eigenvalue weighted by Gasteiger charge is 2.11. The van der Waals surface area contributed by atoms with Crippen LogP contribution in [0.1, 0.15) is 24.2 Å². The predicted octanol–water partition coefficient (Wildman–Crippen LogP) is 3.03. The highest BCUT2D eigenvalue weighted by molar-refractivity contribution is 5.42. The van der Waals surface area contributed by atoms with Crippen LogP contribution in [0, 0.1) is 0 Å². The molecule has 0 aliphatic rings. The first-order chi connectivity index (χ1) is 9.60. The fourth-order valence-electron chi connectivity index (χ4n) is 1.92. The number of rotatable bonds is 5. The molecular weight excluding hydrogens is 256 g/mol. The summed E-state index contributed by atoms with van der Waals surface area (Å²) < 4.78 is 10.9. The van der Waals surface area contributed by atoms with Crippen molar-refractivity contribution < 1.29 is 19.7 Å². The predicted molar refractivity (Wildman–Crippen MR) is 76.1 cm³/mol. The number of phenols is 1. The molecule has 0 saturated carbocycles. The molecule has 0 radical (unpaired) electrons. The summed E-state index contributed by atoms with van der Waals surface area (Å²) in [6.07, 6.45) is -0.625. The lowest BCUT2D eigenvalue weighted by molar-refractivity contribution is 0.190. The number of benzene rings is 2. The van der Waals surface area contributed by atoms with Gasteiger partial charge in [0.05, 0.1) is 13.2 Å². The van der Waals surface area contributed by atoms with Crippen LogP contribution in [0.3, 0.4) is 0 Å². The van der Waals surface area contributed by atoms with Gasteiger partial charge in [-0.25, -0.2) is 0 Å². The molecule has 0 aliphatic carbocycles. The maximum absolute atomic E-state index is 9.75. The van der Waals surface area contributed by atoms with Gasteiger partial charge < -0.3 is 19.7 Å². The first-order valence-corrected chi connectivity index (χ1v) is 6.37. The Morgan fingerprint density at radius 2 is 1.95 bits per heavy atom. The molecule has 0 spiro atoms. The van der Waals surface area contributed by atoms with Gasteiger partial charge in [0.15, 0.2) is 0 Å². The van der Waals surface area contributed by atoms with Crippen LogP contribution in [0.25, 0.3) is 0 Å². The molecule has 2 N–H and O–H groups in total. The highest BCUT2D eigenvalue weighted by Crippen LogP contribution is 2.30. The van der Waals surface area contributed by atoms with Crippen molar-refractivity contribution in [2.75, 3.05) is 7.11 Å². The van der Waals surface area contributed by atoms with E-state index in [9.17, 15) is 10.2 Å². The van der Waals surface area contributed by atoms with Gasteiger partial charge in [0.25, 0.3) is 0 Å². The van der Waals surface area contributed by atoms with Crippen LogP contribution < -0.4 is 9.47 Å². The van der Waals surface area contributed by atoms with Crippen molar-refractivity contribution in [1.82, 2.24) is 0 Å². The molecule has 2 aromatic carbocycles. The minimum atomic E-state index is -0.625. The Morgan fingerprint density at radius 3 is 2.60 bits per heavy atom. The first kappa shape index (κ1) is 14.2. The van der Waals surface area contributed by atoms with Crippen LogP contribution in [0.5, 0.6) is 17.2 Å². The van der Waals surface area contributed by atoms with E-state index < -0.39 is 6.10 Å². The summed E-state index contributed by atoms with van der Waals surface area (Å²) in [7, 11) is 1.58. The zero-order valence-corrected chi connectivity index (χ0v) is 11.5. The average Bonchev–Trinajstić information content (AvgIpc) is 2.44. The molecule has 0 aromatic heterocycles. The van der Waals surface area contributed by atoms with Gasteiger partial charge in [-0.05, 0) is 36.8 Å². The summed E-state index contributed by atoms with van der Waals surface area (Å²) >= 11 is 0. The largest absolute Gasteiger partial charge is 0.508 e. The van der Waals surface area contributed by atoms with Crippen LogP contribution in [-0.4, -0.2) is 17.3 Å². The van der Waals surface area contributed by atoms with Crippen molar-refractivity contribution in [1.29, 1.82) is 0 Å². The lowest BCUT2D eigenvalue weighted by atomic mass is 10.1. The number of ether oxygens (including phenoxy) is 2. The van der Waals surface area contributed by atoms with Gasteiger partial charge in [-0.2, -0.15) is 0 Å². The third-order valence-electron chi connectivity index (χ3n) is 2.98. The first-order valence-electron chi connectivity index (χ1n) is 6.37. The molecule has 0 heterocycles. The second-order valence-corrected chi connectivity index (χ2v) is 4.54. The van der Waals surface area contributed by atoms with E-state index in [0.29, 0.717) is 23.7 Å². The Hall–Kier alpha value is -2.20. The van der Waals surface area contributed by atoms with E-state index >= 15 is 0 Å². The van der Waals surface area contributed by atoms with E-state index in [1.54, 1.807) is 50.4 Å². The monoisotopic (exact) mass is 274 g/mol. The SMILES string of the molecule is COc1ccc([C@H](C)O)c(OCc2cccc(O)c2)c1. The molecule has 20 heavy (non-hydrogen) atoms. The lowest BCUT2D eigenvalue weighted by Gasteiger charge is -2.15. The third kappa shape index (κ3) is 3.42. The fourth-order valence-corrected chi connectivity index (χ4v) is 1.92. The molecule has 4 heteroatoms. The van der Waals surface area contributed by atoms with E-state index in [1.165, 1.54) is 0 Å². The van der Waals surface area contributed by atoms with Crippen molar-refractivity contribution in [3.8, 4) is 17.2 Å². The lowest BCUT2D eigenvalue weighted by Crippen LogP contribution is -2.01. The number of aliphatic hydroxyl groups is 1. The van der Waals surface area contributed by atoms with Gasteiger partial charge >= 0.3 is 0 Å². The van der Waals surface area contributed by atoms with Gasteiger partial charge in [-0.3, -0.25) is 0 Å². The van der Waals surface area contributed by atoms with Crippen molar-refractivity contribution in [3.63, 3.8) is 0 Å². The molecule has 0 saturated heterocycles. The second-order valence-electron chi connectivity index (χ2n) is 4.54. The van der Waals surface area contributed by atoms with E-state index in [1.807, 2.05) is 6.07 Å². The van der Waals surface area contributed by atoms with Crippen molar-refractivity contribution in [3.05, 3.63) is 53.6 Å². The molecular formula is C16H18O4. The number of hydrogen-bond donors (Lipinski definition) is 2. The summed E-state index contributed by atoms with van der Waals surface area (Å²) in [6, 6.07) is 12.2. The fraction of sp³-hybridized carbons (Fsp3) is 0.250. The quantitative estimate of drug-likeness (QED) is 0.880. The molecule has 2 rings (SSSR count). The normalized spacial score (nSPS) is 11.9. The maximum Gasteiger partial charge on any atom is 0.129 e. The molecule has 0 unspecified atom stereocenters. The Morgan fingerprint density at radius 1 is 1.15 bits per heavy atom. The molecule has 0 bridgehead atoms. The van der Waals surface area contributed by atoms with Crippen LogP contribution in [0.2, 0.25) is 0 Å². The zero-order valence-electron chi connectivity index (χ0n) is 11.5. The molecule has 0 aliphatic heterocycles. The van der Waals surface area contributed by atoms with Crippen molar-refractivity contribution in [2.24, 2.45) is 0 Å². The number of methoxy groups -OCH3 is 1. The van der Waals surface area contributed by atoms with Gasteiger partial charge in [-0.1, -0.05) is 12.1 Å². The van der Waals surface area contributed by atoms with Gasteiger partial charge in [0.2, 0.25) is 0 Å². The van der Waals surface area contributed by atoms with Crippen LogP contribution in [0.15, 0.2) is 42.5 Å². The summed E-state index contributed by atoms with van der Waals surface area (Å²) in [5.41, 5.74) is 1.55. The molecule has 0 fully saturated rings. The smallest absolute Gasteiger partial charge is 0.129 e. The molecule has 0 amide bonds.